The quantitative estimate of drug-likeness (QED) is 0.765. The Kier molecular flexibility index (Phi) is 4.37. The molecule has 2 N–H and O–H groups in total. The summed E-state index contributed by atoms with van der Waals surface area (Å²) in [6.07, 6.45) is 1.03. The van der Waals surface area contributed by atoms with Crippen LogP contribution in [0.5, 0.6) is 0 Å². The Balaban J connectivity index is 2.31. The van der Waals surface area contributed by atoms with Crippen LogP contribution >= 0.6 is 0 Å². The van der Waals surface area contributed by atoms with Crippen LogP contribution in [0.15, 0.2) is 0 Å². The Morgan fingerprint density at radius 3 is 2.41 bits per heavy atom. The molecule has 3 atom stereocenters. The molecule has 0 heterocycles. The summed E-state index contributed by atoms with van der Waals surface area (Å²) in [5, 5.41) is 11.7. The van der Waals surface area contributed by atoms with E-state index >= 15 is 0 Å². The summed E-state index contributed by atoms with van der Waals surface area (Å²) in [6.45, 7) is 6.13. The van der Waals surface area contributed by atoms with Crippen molar-refractivity contribution in [3.05, 3.63) is 0 Å². The molecule has 5 nitrogen and oxygen atoms in total. The van der Waals surface area contributed by atoms with Crippen LogP contribution in [0.25, 0.3) is 0 Å². The topological polar surface area (TPSA) is 69.6 Å². The number of urea groups is 1. The van der Waals surface area contributed by atoms with E-state index in [1.807, 2.05) is 0 Å². The van der Waals surface area contributed by atoms with Crippen molar-refractivity contribution in [1.29, 1.82) is 0 Å². The lowest BCUT2D eigenvalue weighted by atomic mass is 10.1. The minimum Gasteiger partial charge on any atom is -0.481 e. The molecule has 2 amide bonds. The van der Waals surface area contributed by atoms with Gasteiger partial charge in [0.2, 0.25) is 0 Å². The molecule has 0 spiro atoms. The van der Waals surface area contributed by atoms with Crippen molar-refractivity contribution in [2.75, 3.05) is 13.6 Å². The van der Waals surface area contributed by atoms with E-state index in [1.54, 1.807) is 14.0 Å². The molecule has 0 radical (unpaired) electrons. The second-order valence-electron chi connectivity index (χ2n) is 5.32. The summed E-state index contributed by atoms with van der Waals surface area (Å²) >= 11 is 0. The van der Waals surface area contributed by atoms with Gasteiger partial charge >= 0.3 is 12.0 Å². The van der Waals surface area contributed by atoms with Gasteiger partial charge in [0.1, 0.15) is 0 Å². The second-order valence-corrected chi connectivity index (χ2v) is 5.32. The van der Waals surface area contributed by atoms with Gasteiger partial charge in [-0.25, -0.2) is 4.79 Å². The van der Waals surface area contributed by atoms with Crippen LogP contribution in [-0.4, -0.2) is 41.6 Å². The molecular formula is C12H22N2O3. The van der Waals surface area contributed by atoms with Gasteiger partial charge in [0, 0.05) is 19.6 Å². The van der Waals surface area contributed by atoms with Gasteiger partial charge in [-0.15, -0.1) is 0 Å². The zero-order chi connectivity index (χ0) is 13.2. The lowest BCUT2D eigenvalue weighted by Gasteiger charge is -2.20. The molecule has 1 aliphatic carbocycles. The van der Waals surface area contributed by atoms with Crippen molar-refractivity contribution in [1.82, 2.24) is 10.2 Å². The minimum atomic E-state index is -0.879. The summed E-state index contributed by atoms with van der Waals surface area (Å²) in [5.74, 6) is -0.255. The highest BCUT2D eigenvalue weighted by Gasteiger charge is 2.40. The van der Waals surface area contributed by atoms with Crippen LogP contribution in [0, 0.1) is 17.8 Å². The zero-order valence-corrected chi connectivity index (χ0v) is 10.9. The SMILES string of the molecule is CC(CN(C)C(=O)N[C@@H]1C[C@H]1C(C)C)C(=O)O. The lowest BCUT2D eigenvalue weighted by Crippen LogP contribution is -2.42. The first-order valence-electron chi connectivity index (χ1n) is 6.07. The molecule has 0 aliphatic heterocycles. The number of nitrogens with zero attached hydrogens (tertiary/aromatic N) is 1. The molecule has 0 bridgehead atoms. The summed E-state index contributed by atoms with van der Waals surface area (Å²) in [4.78, 5) is 23.9. The van der Waals surface area contributed by atoms with E-state index < -0.39 is 11.9 Å². The van der Waals surface area contributed by atoms with E-state index in [1.165, 1.54) is 4.90 Å². The zero-order valence-electron chi connectivity index (χ0n) is 10.9. The molecule has 0 aromatic heterocycles. The van der Waals surface area contributed by atoms with E-state index in [0.717, 1.165) is 6.42 Å². The third-order valence-electron chi connectivity index (χ3n) is 3.32. The molecule has 17 heavy (non-hydrogen) atoms. The van der Waals surface area contributed by atoms with Crippen LogP contribution in [0.1, 0.15) is 27.2 Å². The van der Waals surface area contributed by atoms with E-state index in [4.69, 9.17) is 5.11 Å². The molecule has 1 saturated carbocycles. The van der Waals surface area contributed by atoms with Crippen LogP contribution in [0.2, 0.25) is 0 Å². The van der Waals surface area contributed by atoms with Crippen molar-refractivity contribution < 1.29 is 14.7 Å². The highest BCUT2D eigenvalue weighted by Crippen LogP contribution is 2.37. The van der Waals surface area contributed by atoms with E-state index in [-0.39, 0.29) is 18.6 Å². The smallest absolute Gasteiger partial charge is 0.317 e. The maximum absolute atomic E-state index is 11.7. The summed E-state index contributed by atoms with van der Waals surface area (Å²) in [5.41, 5.74) is 0. The molecule has 0 aromatic rings. The minimum absolute atomic E-state index is 0.175. The van der Waals surface area contributed by atoms with Gasteiger partial charge in [-0.05, 0) is 18.3 Å². The van der Waals surface area contributed by atoms with Crippen molar-refractivity contribution >= 4 is 12.0 Å². The fraction of sp³-hybridized carbons (Fsp3) is 0.833. The maximum atomic E-state index is 11.7. The molecule has 1 aliphatic rings. The molecule has 98 valence electrons. The van der Waals surface area contributed by atoms with E-state index in [0.29, 0.717) is 11.8 Å². The van der Waals surface area contributed by atoms with Crippen LogP contribution < -0.4 is 5.32 Å². The van der Waals surface area contributed by atoms with Crippen LogP contribution in [0.3, 0.4) is 0 Å². The number of amides is 2. The van der Waals surface area contributed by atoms with E-state index in [2.05, 4.69) is 19.2 Å². The molecule has 1 unspecified atom stereocenters. The van der Waals surface area contributed by atoms with Crippen molar-refractivity contribution in [3.63, 3.8) is 0 Å². The average molecular weight is 242 g/mol. The summed E-state index contributed by atoms with van der Waals surface area (Å²) in [7, 11) is 1.63. The largest absolute Gasteiger partial charge is 0.481 e. The van der Waals surface area contributed by atoms with Crippen LogP contribution in [0.4, 0.5) is 4.79 Å². The monoisotopic (exact) mass is 242 g/mol. The Morgan fingerprint density at radius 1 is 1.41 bits per heavy atom. The van der Waals surface area contributed by atoms with Crippen molar-refractivity contribution in [3.8, 4) is 0 Å². The third kappa shape index (κ3) is 3.91. The predicted molar refractivity (Wildman–Crippen MR) is 64.7 cm³/mol. The third-order valence-corrected chi connectivity index (χ3v) is 3.32. The number of carboxylic acids is 1. The van der Waals surface area contributed by atoms with Gasteiger partial charge in [-0.2, -0.15) is 0 Å². The average Bonchev–Trinajstić information content (AvgIpc) is 2.96. The molecular weight excluding hydrogens is 220 g/mol. The first-order chi connectivity index (χ1) is 7.82. The lowest BCUT2D eigenvalue weighted by molar-refractivity contribution is -0.141. The molecule has 5 heteroatoms. The number of carbonyl (C=O) groups excluding carboxylic acids is 1. The van der Waals surface area contributed by atoms with Gasteiger partial charge in [0.15, 0.2) is 0 Å². The van der Waals surface area contributed by atoms with Gasteiger partial charge in [0.05, 0.1) is 5.92 Å². The number of nitrogens with one attached hydrogen (secondary N) is 1. The normalized spacial score (nSPS) is 24.3. The van der Waals surface area contributed by atoms with Gasteiger partial charge < -0.3 is 15.3 Å². The maximum Gasteiger partial charge on any atom is 0.317 e. The highest BCUT2D eigenvalue weighted by atomic mass is 16.4. The molecule has 1 fully saturated rings. The summed E-state index contributed by atoms with van der Waals surface area (Å²) < 4.78 is 0. The number of hydrogen-bond acceptors (Lipinski definition) is 2. The highest BCUT2D eigenvalue weighted by molar-refractivity contribution is 5.76. The van der Waals surface area contributed by atoms with Crippen molar-refractivity contribution in [2.45, 2.75) is 33.2 Å². The summed E-state index contributed by atoms with van der Waals surface area (Å²) in [6, 6.07) is 0.0938. The van der Waals surface area contributed by atoms with E-state index in [9.17, 15) is 9.59 Å². The van der Waals surface area contributed by atoms with Crippen molar-refractivity contribution in [2.24, 2.45) is 17.8 Å². The second kappa shape index (κ2) is 5.38. The standard InChI is InChI=1S/C12H22N2O3/c1-7(2)9-5-10(9)13-12(17)14(4)6-8(3)11(15)16/h7-10H,5-6H2,1-4H3,(H,13,17)(H,15,16)/t8?,9-,10+/m0/s1. The number of hydrogen-bond donors (Lipinski definition) is 2. The number of carboxylic acid groups (broad SMARTS) is 1. The Labute approximate surface area is 102 Å². The Hall–Kier alpha value is -1.26. The first kappa shape index (κ1) is 13.8. The molecule has 1 rings (SSSR count). The number of aliphatic carboxylic acids is 1. The Morgan fingerprint density at radius 2 is 2.00 bits per heavy atom. The first-order valence-corrected chi connectivity index (χ1v) is 6.07. The number of carbonyl (C=O) groups is 2. The molecule has 0 saturated heterocycles. The van der Waals surface area contributed by atoms with Gasteiger partial charge in [-0.1, -0.05) is 20.8 Å². The number of rotatable bonds is 5. The van der Waals surface area contributed by atoms with Gasteiger partial charge in [-0.3, -0.25) is 4.79 Å². The van der Waals surface area contributed by atoms with Gasteiger partial charge in [0.25, 0.3) is 0 Å². The van der Waals surface area contributed by atoms with Crippen LogP contribution in [-0.2, 0) is 4.79 Å². The predicted octanol–water partition coefficient (Wildman–Crippen LogP) is 1.39. The fourth-order valence-electron chi connectivity index (χ4n) is 1.96. The molecule has 0 aromatic carbocycles. The fourth-order valence-corrected chi connectivity index (χ4v) is 1.96. The Bertz CT molecular complexity index is 304.